The molecule has 1 fully saturated rings. The third kappa shape index (κ3) is 3.68. The van der Waals surface area contributed by atoms with Crippen LogP contribution in [0, 0.1) is 11.8 Å². The van der Waals surface area contributed by atoms with E-state index in [1.165, 1.54) is 6.42 Å². The number of nitrogens with one attached hydrogen (secondary N) is 1. The molecule has 0 aromatic rings. The van der Waals surface area contributed by atoms with Gasteiger partial charge in [-0.15, -0.1) is 0 Å². The first-order chi connectivity index (χ1) is 7.89. The first-order valence-corrected chi connectivity index (χ1v) is 6.66. The molecular weight excluding hydrogens is 214 g/mol. The van der Waals surface area contributed by atoms with E-state index < -0.39 is 5.54 Å². The van der Waals surface area contributed by atoms with E-state index >= 15 is 0 Å². The van der Waals surface area contributed by atoms with Crippen molar-refractivity contribution in [1.29, 1.82) is 0 Å². The predicted molar refractivity (Wildman–Crippen MR) is 70.7 cm³/mol. The Hall–Kier alpha value is -0.610. The summed E-state index contributed by atoms with van der Waals surface area (Å²) in [7, 11) is 0. The Balaban J connectivity index is 2.59. The largest absolute Gasteiger partial charge is 0.368 e. The van der Waals surface area contributed by atoms with Crippen molar-refractivity contribution in [3.8, 4) is 0 Å². The van der Waals surface area contributed by atoms with Gasteiger partial charge in [0.25, 0.3) is 0 Å². The Bertz CT molecular complexity index is 269. The van der Waals surface area contributed by atoms with Crippen LogP contribution in [-0.2, 0) is 4.79 Å². The Kier molecular flexibility index (Phi) is 4.95. The number of carbonyl (C=O) groups excluding carboxylic acids is 1. The van der Waals surface area contributed by atoms with Crippen molar-refractivity contribution in [3.05, 3.63) is 0 Å². The van der Waals surface area contributed by atoms with E-state index in [0.29, 0.717) is 12.5 Å². The standard InChI is InChI=1S/C13H27N3O/c1-5-15-13(4,12(14)17)9-16-7-6-10(2)11(3)8-16/h10-11,15H,5-9H2,1-4H3,(H2,14,17). The molecule has 1 aliphatic rings. The van der Waals surface area contributed by atoms with Crippen LogP contribution in [0.2, 0.25) is 0 Å². The van der Waals surface area contributed by atoms with Gasteiger partial charge in [0, 0.05) is 13.1 Å². The molecule has 4 nitrogen and oxygen atoms in total. The lowest BCUT2D eigenvalue weighted by molar-refractivity contribution is -0.124. The van der Waals surface area contributed by atoms with E-state index in [2.05, 4.69) is 24.1 Å². The molecule has 1 amide bonds. The molecule has 1 rings (SSSR count). The van der Waals surface area contributed by atoms with Crippen LogP contribution in [0.1, 0.15) is 34.1 Å². The molecule has 0 radical (unpaired) electrons. The molecule has 0 saturated carbocycles. The third-order valence-electron chi connectivity index (χ3n) is 4.07. The maximum atomic E-state index is 11.6. The average Bonchev–Trinajstić information content (AvgIpc) is 2.23. The molecule has 0 aliphatic carbocycles. The highest BCUT2D eigenvalue weighted by atomic mass is 16.1. The van der Waals surface area contributed by atoms with Crippen LogP contribution in [0.4, 0.5) is 0 Å². The molecule has 17 heavy (non-hydrogen) atoms. The summed E-state index contributed by atoms with van der Waals surface area (Å²) in [5.74, 6) is 1.22. The van der Waals surface area contributed by atoms with Crippen LogP contribution in [-0.4, -0.2) is 42.5 Å². The molecular formula is C13H27N3O. The number of nitrogens with zero attached hydrogens (tertiary/aromatic N) is 1. The van der Waals surface area contributed by atoms with E-state index in [4.69, 9.17) is 5.73 Å². The summed E-state index contributed by atoms with van der Waals surface area (Å²) < 4.78 is 0. The number of piperidine rings is 1. The Morgan fingerprint density at radius 2 is 2.12 bits per heavy atom. The van der Waals surface area contributed by atoms with E-state index in [1.807, 2.05) is 13.8 Å². The van der Waals surface area contributed by atoms with Crippen molar-refractivity contribution in [2.75, 3.05) is 26.2 Å². The van der Waals surface area contributed by atoms with Gasteiger partial charge in [-0.3, -0.25) is 4.79 Å². The molecule has 3 atom stereocenters. The fourth-order valence-corrected chi connectivity index (χ4v) is 2.55. The second kappa shape index (κ2) is 5.83. The number of nitrogens with two attached hydrogens (primary N) is 1. The molecule has 3 N–H and O–H groups in total. The predicted octanol–water partition coefficient (Wildman–Crippen LogP) is 0.818. The quantitative estimate of drug-likeness (QED) is 0.749. The van der Waals surface area contributed by atoms with Crippen LogP contribution in [0.5, 0.6) is 0 Å². The average molecular weight is 241 g/mol. The van der Waals surface area contributed by atoms with Crippen molar-refractivity contribution >= 4 is 5.91 Å². The fourth-order valence-electron chi connectivity index (χ4n) is 2.55. The molecule has 0 bridgehead atoms. The van der Waals surface area contributed by atoms with E-state index in [9.17, 15) is 4.79 Å². The molecule has 0 aromatic heterocycles. The molecule has 0 aromatic carbocycles. The van der Waals surface area contributed by atoms with E-state index in [0.717, 1.165) is 25.6 Å². The van der Waals surface area contributed by atoms with Gasteiger partial charge in [-0.25, -0.2) is 0 Å². The molecule has 1 heterocycles. The van der Waals surface area contributed by atoms with Crippen molar-refractivity contribution in [2.45, 2.75) is 39.7 Å². The van der Waals surface area contributed by atoms with Crippen LogP contribution in [0.3, 0.4) is 0 Å². The molecule has 1 aliphatic heterocycles. The smallest absolute Gasteiger partial charge is 0.238 e. The molecule has 0 spiro atoms. The van der Waals surface area contributed by atoms with Gasteiger partial charge < -0.3 is 16.0 Å². The zero-order valence-corrected chi connectivity index (χ0v) is 11.6. The number of carbonyl (C=O) groups is 1. The van der Waals surface area contributed by atoms with E-state index in [-0.39, 0.29) is 5.91 Å². The van der Waals surface area contributed by atoms with Gasteiger partial charge in [0.15, 0.2) is 0 Å². The second-order valence-electron chi connectivity index (χ2n) is 5.71. The maximum absolute atomic E-state index is 11.6. The Morgan fingerprint density at radius 3 is 2.59 bits per heavy atom. The van der Waals surface area contributed by atoms with Crippen molar-refractivity contribution in [3.63, 3.8) is 0 Å². The lowest BCUT2D eigenvalue weighted by Crippen LogP contribution is -2.60. The minimum atomic E-state index is -0.602. The lowest BCUT2D eigenvalue weighted by atomic mass is 9.87. The van der Waals surface area contributed by atoms with Crippen LogP contribution < -0.4 is 11.1 Å². The van der Waals surface area contributed by atoms with Gasteiger partial charge in [-0.2, -0.15) is 0 Å². The van der Waals surface area contributed by atoms with Crippen LogP contribution in [0.15, 0.2) is 0 Å². The van der Waals surface area contributed by atoms with Gasteiger partial charge in [0.05, 0.1) is 0 Å². The fraction of sp³-hybridized carbons (Fsp3) is 0.923. The first kappa shape index (κ1) is 14.5. The summed E-state index contributed by atoms with van der Waals surface area (Å²) in [6, 6.07) is 0. The van der Waals surface area contributed by atoms with Gasteiger partial charge >= 0.3 is 0 Å². The number of likely N-dealkylation sites (tertiary alicyclic amines) is 1. The number of hydrogen-bond acceptors (Lipinski definition) is 3. The molecule has 100 valence electrons. The number of rotatable bonds is 5. The first-order valence-electron chi connectivity index (χ1n) is 6.66. The summed E-state index contributed by atoms with van der Waals surface area (Å²) in [5.41, 5.74) is 4.91. The number of primary amides is 1. The maximum Gasteiger partial charge on any atom is 0.238 e. The number of hydrogen-bond donors (Lipinski definition) is 2. The SMILES string of the molecule is CCNC(C)(CN1CCC(C)C(C)C1)C(N)=O. The minimum absolute atomic E-state index is 0.259. The van der Waals surface area contributed by atoms with Crippen LogP contribution >= 0.6 is 0 Å². The van der Waals surface area contributed by atoms with Gasteiger partial charge in [-0.05, 0) is 38.3 Å². The highest BCUT2D eigenvalue weighted by molar-refractivity contribution is 5.84. The zero-order chi connectivity index (χ0) is 13.1. The third-order valence-corrected chi connectivity index (χ3v) is 4.07. The molecule has 1 saturated heterocycles. The van der Waals surface area contributed by atoms with Gasteiger partial charge in [0.2, 0.25) is 5.91 Å². The second-order valence-corrected chi connectivity index (χ2v) is 5.71. The summed E-state index contributed by atoms with van der Waals surface area (Å²) in [6.45, 7) is 12.1. The van der Waals surface area contributed by atoms with Crippen molar-refractivity contribution in [2.24, 2.45) is 17.6 Å². The summed E-state index contributed by atoms with van der Waals surface area (Å²) in [5, 5.41) is 3.22. The topological polar surface area (TPSA) is 58.4 Å². The van der Waals surface area contributed by atoms with Gasteiger partial charge in [0.1, 0.15) is 5.54 Å². The van der Waals surface area contributed by atoms with Crippen molar-refractivity contribution < 1.29 is 4.79 Å². The summed E-state index contributed by atoms with van der Waals surface area (Å²) in [6.07, 6.45) is 1.21. The molecule has 3 unspecified atom stereocenters. The Morgan fingerprint density at radius 1 is 1.47 bits per heavy atom. The molecule has 4 heteroatoms. The summed E-state index contributed by atoms with van der Waals surface area (Å²) >= 11 is 0. The normalized spacial score (nSPS) is 29.9. The highest BCUT2D eigenvalue weighted by Crippen LogP contribution is 2.23. The highest BCUT2D eigenvalue weighted by Gasteiger charge is 2.34. The number of amides is 1. The van der Waals surface area contributed by atoms with Gasteiger partial charge in [-0.1, -0.05) is 20.8 Å². The lowest BCUT2D eigenvalue weighted by Gasteiger charge is -2.40. The van der Waals surface area contributed by atoms with Crippen LogP contribution in [0.25, 0.3) is 0 Å². The number of likely N-dealkylation sites (N-methyl/N-ethyl adjacent to an activating group) is 1. The zero-order valence-electron chi connectivity index (χ0n) is 11.6. The summed E-state index contributed by atoms with van der Waals surface area (Å²) in [4.78, 5) is 13.9. The Labute approximate surface area is 105 Å². The van der Waals surface area contributed by atoms with Crippen molar-refractivity contribution in [1.82, 2.24) is 10.2 Å². The minimum Gasteiger partial charge on any atom is -0.368 e. The monoisotopic (exact) mass is 241 g/mol. The van der Waals surface area contributed by atoms with E-state index in [1.54, 1.807) is 0 Å².